The largest absolute Gasteiger partial charge is 0.316 e. The van der Waals surface area contributed by atoms with Gasteiger partial charge in [-0.15, -0.1) is 0 Å². The molecule has 0 aromatic rings. The molecular weight excluding hydrogens is 158 g/mol. The van der Waals surface area contributed by atoms with Crippen molar-refractivity contribution in [2.75, 3.05) is 13.1 Å². The Morgan fingerprint density at radius 1 is 1.15 bits per heavy atom. The molecule has 0 radical (unpaired) electrons. The fraction of sp³-hybridized carbons (Fsp3) is 1.00. The smallest absolute Gasteiger partial charge is 0.000518 e. The van der Waals surface area contributed by atoms with Gasteiger partial charge in [0.15, 0.2) is 0 Å². The summed E-state index contributed by atoms with van der Waals surface area (Å²) < 4.78 is 0. The Hall–Kier alpha value is -0.0400. The Bertz CT molecular complexity index is 127. The van der Waals surface area contributed by atoms with Crippen LogP contribution in [-0.2, 0) is 0 Å². The molecule has 1 N–H and O–H groups in total. The van der Waals surface area contributed by atoms with Crippen molar-refractivity contribution in [2.45, 2.75) is 48.0 Å². The lowest BCUT2D eigenvalue weighted by Gasteiger charge is -2.31. The first-order valence-electron chi connectivity index (χ1n) is 5.60. The first kappa shape index (κ1) is 13.0. The fourth-order valence-electron chi connectivity index (χ4n) is 1.41. The predicted octanol–water partition coefficient (Wildman–Crippen LogP) is 3.30. The van der Waals surface area contributed by atoms with Gasteiger partial charge in [-0.25, -0.2) is 0 Å². The van der Waals surface area contributed by atoms with Gasteiger partial charge in [0.05, 0.1) is 0 Å². The molecule has 0 aliphatic carbocycles. The van der Waals surface area contributed by atoms with Crippen LogP contribution in [0.3, 0.4) is 0 Å². The van der Waals surface area contributed by atoms with Crippen LogP contribution in [0.15, 0.2) is 0 Å². The van der Waals surface area contributed by atoms with Gasteiger partial charge >= 0.3 is 0 Å². The van der Waals surface area contributed by atoms with Crippen LogP contribution in [-0.4, -0.2) is 13.1 Å². The van der Waals surface area contributed by atoms with E-state index in [1.807, 2.05) is 0 Å². The Morgan fingerprint density at radius 2 is 1.69 bits per heavy atom. The maximum absolute atomic E-state index is 3.54. The number of nitrogens with one attached hydrogen (secondary N) is 1. The predicted molar refractivity (Wildman–Crippen MR) is 60.9 cm³/mol. The highest BCUT2D eigenvalue weighted by Crippen LogP contribution is 2.27. The zero-order valence-electron chi connectivity index (χ0n) is 10.3. The van der Waals surface area contributed by atoms with E-state index in [2.05, 4.69) is 46.9 Å². The molecule has 1 unspecified atom stereocenters. The highest BCUT2D eigenvalue weighted by molar-refractivity contribution is 4.76. The Balaban J connectivity index is 3.75. The summed E-state index contributed by atoms with van der Waals surface area (Å²) >= 11 is 0. The second kappa shape index (κ2) is 5.64. The Morgan fingerprint density at radius 3 is 2.08 bits per heavy atom. The number of hydrogen-bond acceptors (Lipinski definition) is 1. The SMILES string of the molecule is CCC(C)C(C)(C)CNCC(C)C. The van der Waals surface area contributed by atoms with Gasteiger partial charge in [0.1, 0.15) is 0 Å². The fourth-order valence-corrected chi connectivity index (χ4v) is 1.41. The third-order valence-corrected chi connectivity index (χ3v) is 3.08. The molecule has 0 saturated heterocycles. The van der Waals surface area contributed by atoms with Gasteiger partial charge in [-0.2, -0.15) is 0 Å². The number of rotatable bonds is 6. The molecule has 1 heteroatoms. The summed E-state index contributed by atoms with van der Waals surface area (Å²) in [5, 5.41) is 3.54. The zero-order valence-corrected chi connectivity index (χ0v) is 10.3. The van der Waals surface area contributed by atoms with E-state index in [4.69, 9.17) is 0 Å². The van der Waals surface area contributed by atoms with E-state index in [-0.39, 0.29) is 0 Å². The van der Waals surface area contributed by atoms with Crippen LogP contribution in [0.1, 0.15) is 48.0 Å². The summed E-state index contributed by atoms with van der Waals surface area (Å²) in [5.74, 6) is 1.56. The topological polar surface area (TPSA) is 12.0 Å². The minimum absolute atomic E-state index is 0.434. The highest BCUT2D eigenvalue weighted by atomic mass is 14.9. The standard InChI is InChI=1S/C12H27N/c1-7-11(4)12(5,6)9-13-8-10(2)3/h10-11,13H,7-9H2,1-6H3. The van der Waals surface area contributed by atoms with Crippen molar-refractivity contribution in [1.29, 1.82) is 0 Å². The lowest BCUT2D eigenvalue weighted by Crippen LogP contribution is -2.35. The molecule has 80 valence electrons. The molecule has 13 heavy (non-hydrogen) atoms. The van der Waals surface area contributed by atoms with E-state index >= 15 is 0 Å². The third kappa shape index (κ3) is 5.30. The van der Waals surface area contributed by atoms with Crippen molar-refractivity contribution in [3.63, 3.8) is 0 Å². The average molecular weight is 185 g/mol. The van der Waals surface area contributed by atoms with E-state index in [0.717, 1.165) is 24.9 Å². The van der Waals surface area contributed by atoms with Gasteiger partial charge in [-0.05, 0) is 23.8 Å². The molecular formula is C12H27N. The van der Waals surface area contributed by atoms with Crippen molar-refractivity contribution in [2.24, 2.45) is 17.3 Å². The monoisotopic (exact) mass is 185 g/mol. The van der Waals surface area contributed by atoms with Gasteiger partial charge < -0.3 is 5.32 Å². The van der Waals surface area contributed by atoms with Gasteiger partial charge in [0, 0.05) is 6.54 Å². The third-order valence-electron chi connectivity index (χ3n) is 3.08. The molecule has 0 amide bonds. The Kier molecular flexibility index (Phi) is 5.62. The summed E-state index contributed by atoms with van der Waals surface area (Å²) in [7, 11) is 0. The van der Waals surface area contributed by atoms with E-state index in [1.54, 1.807) is 0 Å². The summed E-state index contributed by atoms with van der Waals surface area (Å²) in [5.41, 5.74) is 0.434. The van der Waals surface area contributed by atoms with Crippen molar-refractivity contribution in [3.05, 3.63) is 0 Å². The van der Waals surface area contributed by atoms with Gasteiger partial charge in [0.25, 0.3) is 0 Å². The van der Waals surface area contributed by atoms with Crippen LogP contribution in [0.5, 0.6) is 0 Å². The van der Waals surface area contributed by atoms with E-state index in [1.165, 1.54) is 6.42 Å². The molecule has 0 rings (SSSR count). The summed E-state index contributed by atoms with van der Waals surface area (Å²) in [4.78, 5) is 0. The lowest BCUT2D eigenvalue weighted by atomic mass is 9.78. The summed E-state index contributed by atoms with van der Waals surface area (Å²) in [6.07, 6.45) is 1.27. The second-order valence-electron chi connectivity index (χ2n) is 5.32. The van der Waals surface area contributed by atoms with Crippen molar-refractivity contribution >= 4 is 0 Å². The molecule has 1 nitrogen and oxygen atoms in total. The number of hydrogen-bond donors (Lipinski definition) is 1. The van der Waals surface area contributed by atoms with Crippen molar-refractivity contribution in [3.8, 4) is 0 Å². The van der Waals surface area contributed by atoms with Crippen molar-refractivity contribution < 1.29 is 0 Å². The van der Waals surface area contributed by atoms with Gasteiger partial charge in [0.2, 0.25) is 0 Å². The Labute approximate surface area is 84.3 Å². The molecule has 1 atom stereocenters. The maximum atomic E-state index is 3.54. The van der Waals surface area contributed by atoms with Crippen LogP contribution in [0, 0.1) is 17.3 Å². The normalized spacial score (nSPS) is 15.0. The molecule has 0 aliphatic rings. The van der Waals surface area contributed by atoms with Crippen LogP contribution in [0.25, 0.3) is 0 Å². The highest BCUT2D eigenvalue weighted by Gasteiger charge is 2.23. The first-order chi connectivity index (χ1) is 5.90. The van der Waals surface area contributed by atoms with Gasteiger partial charge in [-0.3, -0.25) is 0 Å². The molecule has 0 heterocycles. The van der Waals surface area contributed by atoms with Gasteiger partial charge in [-0.1, -0.05) is 48.0 Å². The molecule has 0 saturated carbocycles. The average Bonchev–Trinajstić information content (AvgIpc) is 2.01. The molecule has 0 aliphatic heterocycles. The van der Waals surface area contributed by atoms with Crippen LogP contribution < -0.4 is 5.32 Å². The summed E-state index contributed by atoms with van der Waals surface area (Å²) in [6.45, 7) is 16.1. The molecule has 0 fully saturated rings. The zero-order chi connectivity index (χ0) is 10.5. The minimum atomic E-state index is 0.434. The lowest BCUT2D eigenvalue weighted by molar-refractivity contribution is 0.213. The summed E-state index contributed by atoms with van der Waals surface area (Å²) in [6, 6.07) is 0. The molecule has 0 aromatic heterocycles. The first-order valence-corrected chi connectivity index (χ1v) is 5.60. The quantitative estimate of drug-likeness (QED) is 0.669. The van der Waals surface area contributed by atoms with E-state index in [9.17, 15) is 0 Å². The molecule has 0 spiro atoms. The minimum Gasteiger partial charge on any atom is -0.316 e. The van der Waals surface area contributed by atoms with Crippen molar-refractivity contribution in [1.82, 2.24) is 5.32 Å². The van der Waals surface area contributed by atoms with Crippen LogP contribution >= 0.6 is 0 Å². The van der Waals surface area contributed by atoms with Crippen LogP contribution in [0.4, 0.5) is 0 Å². The van der Waals surface area contributed by atoms with E-state index < -0.39 is 0 Å². The second-order valence-corrected chi connectivity index (χ2v) is 5.32. The molecule has 0 aromatic carbocycles. The van der Waals surface area contributed by atoms with Crippen LogP contribution in [0.2, 0.25) is 0 Å². The van der Waals surface area contributed by atoms with E-state index in [0.29, 0.717) is 5.41 Å². The molecule has 0 bridgehead atoms. The maximum Gasteiger partial charge on any atom is 0.000518 e.